The normalized spacial score (nSPS) is 11.7. The Morgan fingerprint density at radius 3 is 2.50 bits per heavy atom. The van der Waals surface area contributed by atoms with E-state index in [-0.39, 0.29) is 12.5 Å². The molecule has 5 nitrogen and oxygen atoms in total. The molecule has 0 aliphatic heterocycles. The number of rotatable bonds is 7. The third kappa shape index (κ3) is 7.00. The number of primary amides is 1. The van der Waals surface area contributed by atoms with E-state index in [4.69, 9.17) is 10.5 Å². The highest BCUT2D eigenvalue weighted by Crippen LogP contribution is 1.98. The third-order valence-electron chi connectivity index (χ3n) is 1.88. The van der Waals surface area contributed by atoms with Crippen LogP contribution < -0.4 is 11.1 Å². The van der Waals surface area contributed by atoms with E-state index in [0.717, 1.165) is 5.57 Å². The molecule has 0 heterocycles. The summed E-state index contributed by atoms with van der Waals surface area (Å²) in [5.41, 5.74) is 6.25. The number of nitrogens with two attached hydrogens (primary N) is 1. The molecule has 0 unspecified atom stereocenters. The summed E-state index contributed by atoms with van der Waals surface area (Å²) < 4.78 is 4.92. The average molecular weight is 228 g/mol. The van der Waals surface area contributed by atoms with Crippen LogP contribution in [0.25, 0.3) is 0 Å². The molecule has 0 aliphatic carbocycles. The van der Waals surface area contributed by atoms with Crippen molar-refractivity contribution in [1.82, 2.24) is 5.32 Å². The molecular weight excluding hydrogens is 208 g/mol. The standard InChI is InChI=1S/C11H20N2O3/c1-4-16-7-10(14)13-9(11(12)15)6-5-8(2)3/h5,9H,4,6-7H2,1-3H3,(H2,12,15)(H,13,14)/t9-/m1/s1. The Balaban J connectivity index is 4.18. The van der Waals surface area contributed by atoms with E-state index in [1.165, 1.54) is 0 Å². The topological polar surface area (TPSA) is 81.4 Å². The fraction of sp³-hybridized carbons (Fsp3) is 0.636. The van der Waals surface area contributed by atoms with Gasteiger partial charge in [0.25, 0.3) is 0 Å². The Morgan fingerprint density at radius 2 is 2.06 bits per heavy atom. The first-order chi connectivity index (χ1) is 7.47. The van der Waals surface area contributed by atoms with Gasteiger partial charge in [-0.2, -0.15) is 0 Å². The number of ether oxygens (including phenoxy) is 1. The first kappa shape index (κ1) is 14.6. The average Bonchev–Trinajstić information content (AvgIpc) is 2.20. The summed E-state index contributed by atoms with van der Waals surface area (Å²) in [6.07, 6.45) is 2.27. The van der Waals surface area contributed by atoms with Gasteiger partial charge < -0.3 is 15.8 Å². The van der Waals surface area contributed by atoms with E-state index in [2.05, 4.69) is 5.32 Å². The maximum atomic E-state index is 11.3. The van der Waals surface area contributed by atoms with Crippen molar-refractivity contribution in [1.29, 1.82) is 0 Å². The number of carbonyl (C=O) groups excluding carboxylic acids is 2. The molecule has 0 bridgehead atoms. The highest BCUT2D eigenvalue weighted by molar-refractivity contribution is 5.87. The summed E-state index contributed by atoms with van der Waals surface area (Å²) in [4.78, 5) is 22.4. The van der Waals surface area contributed by atoms with Crippen LogP contribution in [0.1, 0.15) is 27.2 Å². The van der Waals surface area contributed by atoms with Crippen LogP contribution in [0.4, 0.5) is 0 Å². The maximum absolute atomic E-state index is 11.3. The monoisotopic (exact) mass is 228 g/mol. The molecule has 0 aliphatic rings. The van der Waals surface area contributed by atoms with Gasteiger partial charge in [0, 0.05) is 6.61 Å². The van der Waals surface area contributed by atoms with Crippen molar-refractivity contribution < 1.29 is 14.3 Å². The van der Waals surface area contributed by atoms with Gasteiger partial charge in [-0.05, 0) is 27.2 Å². The third-order valence-corrected chi connectivity index (χ3v) is 1.88. The molecule has 0 aromatic heterocycles. The molecule has 16 heavy (non-hydrogen) atoms. The Bertz CT molecular complexity index is 270. The van der Waals surface area contributed by atoms with E-state index < -0.39 is 11.9 Å². The number of hydrogen-bond donors (Lipinski definition) is 2. The maximum Gasteiger partial charge on any atom is 0.246 e. The summed E-state index contributed by atoms with van der Waals surface area (Å²) in [5, 5.41) is 2.52. The minimum absolute atomic E-state index is 0.0465. The zero-order valence-corrected chi connectivity index (χ0v) is 10.1. The molecule has 0 fully saturated rings. The van der Waals surface area contributed by atoms with Crippen LogP contribution in [-0.4, -0.2) is 31.1 Å². The second-order valence-electron chi connectivity index (χ2n) is 3.68. The summed E-state index contributed by atoms with van der Waals surface area (Å²) in [6, 6.07) is -0.664. The smallest absolute Gasteiger partial charge is 0.246 e. The van der Waals surface area contributed by atoms with Gasteiger partial charge in [-0.3, -0.25) is 9.59 Å². The second kappa shape index (κ2) is 7.87. The molecule has 3 N–H and O–H groups in total. The first-order valence-corrected chi connectivity index (χ1v) is 5.27. The Labute approximate surface area is 96.0 Å². The van der Waals surface area contributed by atoms with Crippen molar-refractivity contribution in [2.24, 2.45) is 5.73 Å². The van der Waals surface area contributed by atoms with Crippen LogP contribution in [0.3, 0.4) is 0 Å². The number of allylic oxidation sites excluding steroid dienone is 1. The van der Waals surface area contributed by atoms with Crippen LogP contribution in [0.5, 0.6) is 0 Å². The quantitative estimate of drug-likeness (QED) is 0.617. The van der Waals surface area contributed by atoms with Crippen LogP contribution >= 0.6 is 0 Å². The summed E-state index contributed by atoms with van der Waals surface area (Å²) in [5.74, 6) is -0.866. The molecule has 0 saturated carbocycles. The summed E-state index contributed by atoms with van der Waals surface area (Å²) >= 11 is 0. The van der Waals surface area contributed by atoms with Gasteiger partial charge in [-0.1, -0.05) is 11.6 Å². The fourth-order valence-electron chi connectivity index (χ4n) is 1.03. The Morgan fingerprint density at radius 1 is 1.44 bits per heavy atom. The zero-order valence-electron chi connectivity index (χ0n) is 10.1. The molecule has 0 spiro atoms. The Hall–Kier alpha value is -1.36. The van der Waals surface area contributed by atoms with Crippen LogP contribution in [0.2, 0.25) is 0 Å². The molecule has 0 aromatic rings. The van der Waals surface area contributed by atoms with E-state index in [9.17, 15) is 9.59 Å². The van der Waals surface area contributed by atoms with Gasteiger partial charge in [0.2, 0.25) is 11.8 Å². The van der Waals surface area contributed by atoms with Crippen LogP contribution in [0, 0.1) is 0 Å². The van der Waals surface area contributed by atoms with E-state index in [1.807, 2.05) is 19.9 Å². The minimum atomic E-state index is -0.664. The second-order valence-corrected chi connectivity index (χ2v) is 3.68. The van der Waals surface area contributed by atoms with E-state index >= 15 is 0 Å². The first-order valence-electron chi connectivity index (χ1n) is 5.27. The van der Waals surface area contributed by atoms with Crippen molar-refractivity contribution >= 4 is 11.8 Å². The van der Waals surface area contributed by atoms with E-state index in [0.29, 0.717) is 13.0 Å². The number of carbonyl (C=O) groups is 2. The lowest BCUT2D eigenvalue weighted by molar-refractivity contribution is -0.130. The fourth-order valence-corrected chi connectivity index (χ4v) is 1.03. The van der Waals surface area contributed by atoms with E-state index in [1.54, 1.807) is 6.92 Å². The number of amides is 2. The lowest BCUT2D eigenvalue weighted by Gasteiger charge is -2.13. The van der Waals surface area contributed by atoms with Gasteiger partial charge in [0.05, 0.1) is 0 Å². The Kier molecular flexibility index (Phi) is 7.20. The minimum Gasteiger partial charge on any atom is -0.372 e. The van der Waals surface area contributed by atoms with Crippen molar-refractivity contribution in [3.63, 3.8) is 0 Å². The largest absolute Gasteiger partial charge is 0.372 e. The molecule has 1 atom stereocenters. The number of nitrogens with one attached hydrogen (secondary N) is 1. The highest BCUT2D eigenvalue weighted by atomic mass is 16.5. The summed E-state index contributed by atoms with van der Waals surface area (Å²) in [6.45, 7) is 6.04. The molecule has 0 aromatic carbocycles. The van der Waals surface area contributed by atoms with Gasteiger partial charge in [-0.25, -0.2) is 0 Å². The molecule has 5 heteroatoms. The number of hydrogen-bond acceptors (Lipinski definition) is 3. The molecule has 0 saturated heterocycles. The van der Waals surface area contributed by atoms with Crippen molar-refractivity contribution in [2.75, 3.05) is 13.2 Å². The van der Waals surface area contributed by atoms with Crippen molar-refractivity contribution in [3.05, 3.63) is 11.6 Å². The van der Waals surface area contributed by atoms with Gasteiger partial charge >= 0.3 is 0 Å². The highest BCUT2D eigenvalue weighted by Gasteiger charge is 2.16. The lowest BCUT2D eigenvalue weighted by Crippen LogP contribution is -2.45. The molecule has 0 rings (SSSR count). The SMILES string of the molecule is CCOCC(=O)N[C@H](CC=C(C)C)C(N)=O. The van der Waals surface area contributed by atoms with Crippen molar-refractivity contribution in [3.8, 4) is 0 Å². The predicted molar refractivity (Wildman–Crippen MR) is 61.7 cm³/mol. The van der Waals surface area contributed by atoms with Crippen molar-refractivity contribution in [2.45, 2.75) is 33.2 Å². The van der Waals surface area contributed by atoms with Crippen LogP contribution in [-0.2, 0) is 14.3 Å². The predicted octanol–water partition coefficient (Wildman–Crippen LogP) is 0.349. The molecule has 2 amide bonds. The molecule has 0 radical (unpaired) electrons. The summed E-state index contributed by atoms with van der Waals surface area (Å²) in [7, 11) is 0. The molecule has 92 valence electrons. The van der Waals surface area contributed by atoms with Crippen LogP contribution in [0.15, 0.2) is 11.6 Å². The van der Waals surface area contributed by atoms with Gasteiger partial charge in [0.15, 0.2) is 0 Å². The molecular formula is C11H20N2O3. The zero-order chi connectivity index (χ0) is 12.6. The lowest BCUT2D eigenvalue weighted by atomic mass is 10.1. The van der Waals surface area contributed by atoms with Gasteiger partial charge in [-0.15, -0.1) is 0 Å². The van der Waals surface area contributed by atoms with Gasteiger partial charge in [0.1, 0.15) is 12.6 Å².